The first-order chi connectivity index (χ1) is 7.65. The van der Waals surface area contributed by atoms with Crippen LogP contribution in [0.3, 0.4) is 0 Å². The predicted molar refractivity (Wildman–Crippen MR) is 74.0 cm³/mol. The van der Waals surface area contributed by atoms with Gasteiger partial charge in [-0.3, -0.25) is 4.90 Å². The fourth-order valence-corrected chi connectivity index (χ4v) is 3.77. The van der Waals surface area contributed by atoms with Gasteiger partial charge in [0.1, 0.15) is 0 Å². The van der Waals surface area contributed by atoms with E-state index < -0.39 is 0 Å². The topological polar surface area (TPSA) is 6.48 Å². The van der Waals surface area contributed by atoms with E-state index in [0.29, 0.717) is 6.04 Å². The molecule has 1 saturated heterocycles. The second-order valence-electron chi connectivity index (χ2n) is 4.67. The molecule has 4 heteroatoms. The van der Waals surface area contributed by atoms with Crippen LogP contribution in [0.25, 0.3) is 0 Å². The summed E-state index contributed by atoms with van der Waals surface area (Å²) in [6, 6.07) is 2.90. The first kappa shape index (κ1) is 12.6. The van der Waals surface area contributed by atoms with Crippen molar-refractivity contribution in [3.63, 3.8) is 0 Å². The average Bonchev–Trinajstić information content (AvgIpc) is 2.55. The lowest BCUT2D eigenvalue weighted by Crippen LogP contribution is -2.37. The van der Waals surface area contributed by atoms with Gasteiger partial charge in [-0.2, -0.15) is 0 Å². The normalized spacial score (nSPS) is 24.6. The Bertz CT molecular complexity index is 340. The largest absolute Gasteiger partial charge is 0.305 e. The molecule has 1 fully saturated rings. The molecule has 1 atom stereocenters. The molecule has 1 aliphatic heterocycles. The zero-order valence-corrected chi connectivity index (χ0v) is 12.4. The van der Waals surface area contributed by atoms with Crippen molar-refractivity contribution < 1.29 is 0 Å². The number of thiophene rings is 1. The van der Waals surface area contributed by atoms with Gasteiger partial charge in [-0.25, -0.2) is 0 Å². The maximum Gasteiger partial charge on any atom is 0.0331 e. The molecule has 1 aliphatic rings. The van der Waals surface area contributed by atoms with Crippen molar-refractivity contribution in [2.75, 3.05) is 26.7 Å². The average molecular weight is 303 g/mol. The van der Waals surface area contributed by atoms with Gasteiger partial charge in [0.25, 0.3) is 0 Å². The lowest BCUT2D eigenvalue weighted by molar-refractivity contribution is 0.196. The van der Waals surface area contributed by atoms with Crippen LogP contribution < -0.4 is 0 Å². The maximum absolute atomic E-state index is 3.52. The van der Waals surface area contributed by atoms with Crippen molar-refractivity contribution in [3.05, 3.63) is 20.8 Å². The third-order valence-corrected chi connectivity index (χ3v) is 4.85. The van der Waals surface area contributed by atoms with Gasteiger partial charge in [0.05, 0.1) is 0 Å². The van der Waals surface area contributed by atoms with Crippen LogP contribution in [0.5, 0.6) is 0 Å². The smallest absolute Gasteiger partial charge is 0.0331 e. The van der Waals surface area contributed by atoms with E-state index in [1.807, 2.05) is 11.3 Å². The van der Waals surface area contributed by atoms with Crippen LogP contribution in [0.2, 0.25) is 0 Å². The second-order valence-corrected chi connectivity index (χ2v) is 6.58. The van der Waals surface area contributed by atoms with Crippen LogP contribution >= 0.6 is 27.3 Å². The van der Waals surface area contributed by atoms with Gasteiger partial charge in [0.15, 0.2) is 0 Å². The molecule has 0 N–H and O–H groups in total. The van der Waals surface area contributed by atoms with Crippen molar-refractivity contribution in [1.82, 2.24) is 9.80 Å². The fourth-order valence-electron chi connectivity index (χ4n) is 2.29. The van der Waals surface area contributed by atoms with Crippen LogP contribution in [0.4, 0.5) is 0 Å². The summed E-state index contributed by atoms with van der Waals surface area (Å²) < 4.78 is 1.21. The van der Waals surface area contributed by atoms with Crippen LogP contribution in [-0.4, -0.2) is 42.5 Å². The van der Waals surface area contributed by atoms with Gasteiger partial charge < -0.3 is 4.90 Å². The van der Waals surface area contributed by atoms with E-state index >= 15 is 0 Å². The molecule has 0 radical (unpaired) electrons. The van der Waals surface area contributed by atoms with E-state index in [1.54, 1.807) is 0 Å². The lowest BCUT2D eigenvalue weighted by atomic mass is 10.2. The van der Waals surface area contributed by atoms with Crippen LogP contribution in [0.1, 0.15) is 18.2 Å². The van der Waals surface area contributed by atoms with E-state index in [1.165, 1.54) is 35.4 Å². The molecule has 90 valence electrons. The minimum absolute atomic E-state index is 0.661. The summed E-state index contributed by atoms with van der Waals surface area (Å²) in [5.41, 5.74) is 0. The SMILES string of the molecule is CC1CN(C)CCCN1Cc1cc(Br)cs1. The number of halogens is 1. The highest BCUT2D eigenvalue weighted by atomic mass is 79.9. The highest BCUT2D eigenvalue weighted by Crippen LogP contribution is 2.22. The van der Waals surface area contributed by atoms with Gasteiger partial charge in [-0.1, -0.05) is 0 Å². The lowest BCUT2D eigenvalue weighted by Gasteiger charge is -2.27. The highest BCUT2D eigenvalue weighted by Gasteiger charge is 2.19. The molecule has 2 rings (SSSR count). The van der Waals surface area contributed by atoms with E-state index in [0.717, 1.165) is 6.54 Å². The molecular weight excluding hydrogens is 284 g/mol. The van der Waals surface area contributed by atoms with Gasteiger partial charge >= 0.3 is 0 Å². The molecule has 1 unspecified atom stereocenters. The Labute approximate surface area is 110 Å². The zero-order valence-electron chi connectivity index (χ0n) is 9.95. The van der Waals surface area contributed by atoms with Crippen molar-refractivity contribution in [3.8, 4) is 0 Å². The fraction of sp³-hybridized carbons (Fsp3) is 0.667. The standard InChI is InChI=1S/C12H19BrN2S/c1-10-7-14(2)4-3-5-15(10)8-12-6-11(13)9-16-12/h6,9-10H,3-5,7-8H2,1-2H3. The summed E-state index contributed by atoms with van der Waals surface area (Å²) in [7, 11) is 2.22. The number of likely N-dealkylation sites (N-methyl/N-ethyl adjacent to an activating group) is 1. The molecule has 1 aromatic heterocycles. The van der Waals surface area contributed by atoms with Gasteiger partial charge in [0, 0.05) is 40.4 Å². The van der Waals surface area contributed by atoms with E-state index in [-0.39, 0.29) is 0 Å². The highest BCUT2D eigenvalue weighted by molar-refractivity contribution is 9.10. The van der Waals surface area contributed by atoms with Crippen molar-refractivity contribution in [2.45, 2.75) is 25.9 Å². The molecule has 0 aliphatic carbocycles. The Morgan fingerprint density at radius 2 is 2.31 bits per heavy atom. The Morgan fingerprint density at radius 1 is 1.50 bits per heavy atom. The molecule has 0 bridgehead atoms. The van der Waals surface area contributed by atoms with E-state index in [9.17, 15) is 0 Å². The Balaban J connectivity index is 1.97. The Kier molecular flexibility index (Phi) is 4.41. The third kappa shape index (κ3) is 3.29. The zero-order chi connectivity index (χ0) is 11.5. The molecule has 16 heavy (non-hydrogen) atoms. The molecule has 2 nitrogen and oxygen atoms in total. The number of hydrogen-bond donors (Lipinski definition) is 0. The minimum Gasteiger partial charge on any atom is -0.305 e. The minimum atomic E-state index is 0.661. The Hall–Kier alpha value is 0.1000. The maximum atomic E-state index is 3.52. The van der Waals surface area contributed by atoms with E-state index in [4.69, 9.17) is 0 Å². The second kappa shape index (κ2) is 5.63. The molecular formula is C12H19BrN2S. The van der Waals surface area contributed by atoms with Gasteiger partial charge in [-0.05, 0) is 48.9 Å². The quantitative estimate of drug-likeness (QED) is 0.828. The Morgan fingerprint density at radius 3 is 3.00 bits per heavy atom. The summed E-state index contributed by atoms with van der Waals surface area (Å²) in [4.78, 5) is 6.50. The number of nitrogens with zero attached hydrogens (tertiary/aromatic N) is 2. The van der Waals surface area contributed by atoms with Crippen LogP contribution in [0.15, 0.2) is 15.9 Å². The molecule has 1 aromatic rings. The van der Waals surface area contributed by atoms with Crippen LogP contribution in [0, 0.1) is 0 Å². The van der Waals surface area contributed by atoms with E-state index in [2.05, 4.69) is 51.1 Å². The molecule has 0 aromatic carbocycles. The predicted octanol–water partition coefficient (Wildman–Crippen LogP) is 3.04. The summed E-state index contributed by atoms with van der Waals surface area (Å²) in [5, 5.41) is 2.17. The molecule has 0 spiro atoms. The van der Waals surface area contributed by atoms with Crippen molar-refractivity contribution >= 4 is 27.3 Å². The first-order valence-electron chi connectivity index (χ1n) is 5.80. The summed E-state index contributed by atoms with van der Waals surface area (Å²) in [6.07, 6.45) is 1.29. The summed E-state index contributed by atoms with van der Waals surface area (Å²) in [5.74, 6) is 0. The third-order valence-electron chi connectivity index (χ3n) is 3.17. The van der Waals surface area contributed by atoms with Crippen molar-refractivity contribution in [2.24, 2.45) is 0 Å². The number of hydrogen-bond acceptors (Lipinski definition) is 3. The van der Waals surface area contributed by atoms with Crippen LogP contribution in [-0.2, 0) is 6.54 Å². The monoisotopic (exact) mass is 302 g/mol. The molecule has 0 saturated carbocycles. The van der Waals surface area contributed by atoms with Crippen molar-refractivity contribution in [1.29, 1.82) is 0 Å². The van der Waals surface area contributed by atoms with Gasteiger partial charge in [0.2, 0.25) is 0 Å². The summed E-state index contributed by atoms with van der Waals surface area (Å²) >= 11 is 5.37. The summed E-state index contributed by atoms with van der Waals surface area (Å²) in [6.45, 7) is 7.08. The molecule has 0 amide bonds. The molecule has 2 heterocycles. The first-order valence-corrected chi connectivity index (χ1v) is 7.48. The number of rotatable bonds is 2. The van der Waals surface area contributed by atoms with Gasteiger partial charge in [-0.15, -0.1) is 11.3 Å².